The number of nitrogens with zero attached hydrogens (tertiary/aromatic N) is 4. The zero-order valence-electron chi connectivity index (χ0n) is 12.5. The molecule has 0 aliphatic heterocycles. The van der Waals surface area contributed by atoms with E-state index in [0.29, 0.717) is 6.54 Å². The molecular weight excluding hydrogens is 346 g/mol. The molecule has 0 spiro atoms. The van der Waals surface area contributed by atoms with Gasteiger partial charge in [-0.2, -0.15) is 9.61 Å². The lowest BCUT2D eigenvalue weighted by atomic mass is 10.3. The summed E-state index contributed by atoms with van der Waals surface area (Å²) in [6.07, 6.45) is 6.42. The molecule has 0 fully saturated rings. The number of halogens is 1. The molecule has 0 aliphatic rings. The zero-order valence-corrected chi connectivity index (χ0v) is 14.0. The Labute approximate surface area is 136 Å². The van der Waals surface area contributed by atoms with Crippen LogP contribution in [-0.2, 0) is 13.0 Å². The molecule has 0 saturated heterocycles. The number of fused-ring (bicyclic) bond motifs is 1. The summed E-state index contributed by atoms with van der Waals surface area (Å²) < 4.78 is 4.36. The highest BCUT2D eigenvalue weighted by atomic mass is 79.9. The first-order valence-electron chi connectivity index (χ1n) is 7.03. The molecule has 3 aromatic rings. The van der Waals surface area contributed by atoms with Crippen LogP contribution in [0, 0.1) is 0 Å². The van der Waals surface area contributed by atoms with E-state index in [0.717, 1.165) is 33.6 Å². The van der Waals surface area contributed by atoms with Gasteiger partial charge >= 0.3 is 0 Å². The molecule has 0 aliphatic carbocycles. The summed E-state index contributed by atoms with van der Waals surface area (Å²) in [6.45, 7) is 2.76. The lowest BCUT2D eigenvalue weighted by molar-refractivity contribution is -0.885. The van der Waals surface area contributed by atoms with E-state index in [1.54, 1.807) is 22.6 Å². The van der Waals surface area contributed by atoms with Crippen molar-refractivity contribution < 1.29 is 9.57 Å². The number of rotatable bonds is 5. The molecule has 3 rings (SSSR count). The predicted molar refractivity (Wildman–Crippen MR) is 86.5 cm³/mol. The first kappa shape index (κ1) is 14.8. The number of anilines is 1. The third-order valence-electron chi connectivity index (χ3n) is 3.36. The summed E-state index contributed by atoms with van der Waals surface area (Å²) in [4.78, 5) is 9.76. The van der Waals surface area contributed by atoms with Crippen LogP contribution >= 0.6 is 15.9 Å². The summed E-state index contributed by atoms with van der Waals surface area (Å²) in [5, 5.41) is 7.77. The van der Waals surface area contributed by atoms with Crippen LogP contribution in [0.4, 0.5) is 5.82 Å². The van der Waals surface area contributed by atoms with Crippen molar-refractivity contribution in [1.29, 1.82) is 0 Å². The number of nitrogens with one attached hydrogen (secondary N) is 1. The van der Waals surface area contributed by atoms with Crippen molar-refractivity contribution in [2.45, 2.75) is 19.9 Å². The molecule has 0 aromatic carbocycles. The van der Waals surface area contributed by atoms with Gasteiger partial charge in [0.15, 0.2) is 5.65 Å². The lowest BCUT2D eigenvalue weighted by Gasteiger charge is -2.09. The van der Waals surface area contributed by atoms with E-state index in [2.05, 4.69) is 38.3 Å². The molecule has 3 heterocycles. The Morgan fingerprint density at radius 1 is 1.45 bits per heavy atom. The monoisotopic (exact) mass is 362 g/mol. The van der Waals surface area contributed by atoms with Crippen molar-refractivity contribution in [3.8, 4) is 0 Å². The predicted octanol–water partition coefficient (Wildman–Crippen LogP) is 2.01. The molecule has 22 heavy (non-hydrogen) atoms. The van der Waals surface area contributed by atoms with Crippen molar-refractivity contribution in [2.24, 2.45) is 0 Å². The number of aromatic nitrogens is 4. The van der Waals surface area contributed by atoms with Crippen LogP contribution in [0.5, 0.6) is 0 Å². The number of aryl methyl sites for hydroxylation is 1. The third-order valence-corrected chi connectivity index (χ3v) is 3.92. The van der Waals surface area contributed by atoms with E-state index in [9.17, 15) is 0 Å². The molecular formula is C15H17BrN5O+. The molecule has 6 nitrogen and oxygen atoms in total. The van der Waals surface area contributed by atoms with Gasteiger partial charge in [0, 0.05) is 34.7 Å². The minimum absolute atomic E-state index is 0.671. The first-order chi connectivity index (χ1) is 10.7. The van der Waals surface area contributed by atoms with Gasteiger partial charge in [0.05, 0.1) is 10.7 Å². The highest BCUT2D eigenvalue weighted by molar-refractivity contribution is 9.10. The fourth-order valence-electron chi connectivity index (χ4n) is 2.21. The standard InChI is InChI=1S/C15H17BrN5O/c1-3-12-7-14(21-15(19-12)13(16)9-18-21)17-8-11-5-4-6-20(10-11)22-2/h4-7,9-10,17H,3,8H2,1-2H3/q+1. The van der Waals surface area contributed by atoms with Crippen LogP contribution in [0.3, 0.4) is 0 Å². The van der Waals surface area contributed by atoms with Crippen molar-refractivity contribution >= 4 is 27.4 Å². The van der Waals surface area contributed by atoms with E-state index in [1.807, 2.05) is 30.6 Å². The van der Waals surface area contributed by atoms with Crippen molar-refractivity contribution in [1.82, 2.24) is 14.6 Å². The maximum atomic E-state index is 5.17. The van der Waals surface area contributed by atoms with Crippen molar-refractivity contribution in [3.63, 3.8) is 0 Å². The Morgan fingerprint density at radius 3 is 3.09 bits per heavy atom. The molecule has 1 N–H and O–H groups in total. The summed E-state index contributed by atoms with van der Waals surface area (Å²) in [5.74, 6) is 0.917. The van der Waals surface area contributed by atoms with E-state index >= 15 is 0 Å². The molecule has 0 bridgehead atoms. The van der Waals surface area contributed by atoms with E-state index in [-0.39, 0.29) is 0 Å². The van der Waals surface area contributed by atoms with Gasteiger partial charge in [-0.3, -0.25) is 4.84 Å². The highest BCUT2D eigenvalue weighted by Crippen LogP contribution is 2.20. The van der Waals surface area contributed by atoms with E-state index in [1.165, 1.54) is 0 Å². The first-order valence-corrected chi connectivity index (χ1v) is 7.82. The molecule has 114 valence electrons. The Morgan fingerprint density at radius 2 is 2.32 bits per heavy atom. The van der Waals surface area contributed by atoms with Gasteiger partial charge < -0.3 is 5.32 Å². The number of pyridine rings is 1. The highest BCUT2D eigenvalue weighted by Gasteiger charge is 2.10. The lowest BCUT2D eigenvalue weighted by Crippen LogP contribution is -2.40. The van der Waals surface area contributed by atoms with E-state index in [4.69, 9.17) is 4.84 Å². The average Bonchev–Trinajstić information content (AvgIpc) is 2.94. The van der Waals surface area contributed by atoms with Crippen LogP contribution in [0.1, 0.15) is 18.2 Å². The van der Waals surface area contributed by atoms with Gasteiger partial charge in [-0.25, -0.2) is 4.98 Å². The van der Waals surface area contributed by atoms with Gasteiger partial charge in [0.25, 0.3) is 0 Å². The Balaban J connectivity index is 1.89. The second-order valence-electron chi connectivity index (χ2n) is 4.82. The van der Waals surface area contributed by atoms with Crippen molar-refractivity contribution in [2.75, 3.05) is 12.4 Å². The average molecular weight is 363 g/mol. The molecule has 0 amide bonds. The molecule has 0 atom stereocenters. The van der Waals surface area contributed by atoms with Crippen LogP contribution in [0.25, 0.3) is 5.65 Å². The fraction of sp³-hybridized carbons (Fsp3) is 0.267. The Bertz CT molecular complexity index is 802. The topological polar surface area (TPSA) is 55.3 Å². The second-order valence-corrected chi connectivity index (χ2v) is 5.68. The molecule has 0 saturated carbocycles. The fourth-order valence-corrected chi connectivity index (χ4v) is 2.55. The Kier molecular flexibility index (Phi) is 4.24. The van der Waals surface area contributed by atoms with Crippen LogP contribution in [0.15, 0.2) is 41.3 Å². The third kappa shape index (κ3) is 2.89. The van der Waals surface area contributed by atoms with E-state index < -0.39 is 0 Å². The minimum atomic E-state index is 0.671. The van der Waals surface area contributed by atoms with Gasteiger partial charge in [-0.15, -0.1) is 0 Å². The number of hydrogen-bond donors (Lipinski definition) is 1. The van der Waals surface area contributed by atoms with Crippen LogP contribution < -0.4 is 14.9 Å². The summed E-state index contributed by atoms with van der Waals surface area (Å²) >= 11 is 3.49. The van der Waals surface area contributed by atoms with Crippen LogP contribution in [-0.4, -0.2) is 21.7 Å². The molecule has 7 heteroatoms. The zero-order chi connectivity index (χ0) is 15.5. The van der Waals surface area contributed by atoms with Crippen LogP contribution in [0.2, 0.25) is 0 Å². The summed E-state index contributed by atoms with van der Waals surface area (Å²) in [7, 11) is 1.64. The normalized spacial score (nSPS) is 10.9. The quantitative estimate of drug-likeness (QED) is 0.705. The maximum Gasteiger partial charge on any atom is 0.227 e. The summed E-state index contributed by atoms with van der Waals surface area (Å²) in [6, 6.07) is 6.02. The smallest absolute Gasteiger partial charge is 0.227 e. The maximum absolute atomic E-state index is 5.17. The van der Waals surface area contributed by atoms with Gasteiger partial charge in [-0.05, 0) is 28.4 Å². The van der Waals surface area contributed by atoms with Crippen molar-refractivity contribution in [3.05, 3.63) is 52.5 Å². The molecule has 0 unspecified atom stereocenters. The largest absolute Gasteiger partial charge is 0.366 e. The molecule has 3 aromatic heterocycles. The summed E-state index contributed by atoms with van der Waals surface area (Å²) in [5.41, 5.74) is 2.96. The van der Waals surface area contributed by atoms with Gasteiger partial charge in [-0.1, -0.05) is 6.92 Å². The van der Waals surface area contributed by atoms with Gasteiger partial charge in [0.1, 0.15) is 12.9 Å². The second kappa shape index (κ2) is 6.31. The Hall–Kier alpha value is -2.15. The molecule has 0 radical (unpaired) electrons. The SMILES string of the molecule is CCc1cc(NCc2ccc[n+](OC)c2)n2ncc(Br)c2n1. The minimum Gasteiger partial charge on any atom is -0.366 e. The van der Waals surface area contributed by atoms with Gasteiger partial charge in [0.2, 0.25) is 12.4 Å². The number of hydrogen-bond acceptors (Lipinski definition) is 4.